The molecule has 0 aromatic heterocycles. The van der Waals surface area contributed by atoms with Crippen molar-refractivity contribution < 1.29 is 18.3 Å². The quantitative estimate of drug-likeness (QED) is 0.730. The van der Waals surface area contributed by atoms with Gasteiger partial charge in [0.2, 0.25) is 0 Å². The second kappa shape index (κ2) is 4.24. The molecule has 0 amide bonds. The Balaban J connectivity index is 2.49. The zero-order chi connectivity index (χ0) is 10.8. The van der Waals surface area contributed by atoms with Crippen molar-refractivity contribution in [3.05, 3.63) is 0 Å². The molecule has 0 aromatic carbocycles. The lowest BCUT2D eigenvalue weighted by atomic mass is 9.91. The molecule has 84 valence electrons. The molecule has 0 atom stereocenters. The third kappa shape index (κ3) is 2.52. The molecule has 1 heterocycles. The van der Waals surface area contributed by atoms with E-state index in [2.05, 4.69) is 0 Å². The maximum atomic E-state index is 12.3. The first-order chi connectivity index (χ1) is 6.39. The maximum absolute atomic E-state index is 12.3. The van der Waals surface area contributed by atoms with Crippen molar-refractivity contribution in [2.75, 3.05) is 25.5 Å². The summed E-state index contributed by atoms with van der Waals surface area (Å²) in [5, 5.41) is 9.31. The average molecular weight is 232 g/mol. The van der Waals surface area contributed by atoms with Gasteiger partial charge in [-0.1, -0.05) is 0 Å². The van der Waals surface area contributed by atoms with Crippen LogP contribution in [0.1, 0.15) is 12.8 Å². The number of aliphatic hydroxyl groups is 1. The van der Waals surface area contributed by atoms with Crippen molar-refractivity contribution >= 4 is 11.6 Å². The summed E-state index contributed by atoms with van der Waals surface area (Å²) in [5.74, 6) is 0.407. The van der Waals surface area contributed by atoms with Gasteiger partial charge in [0.15, 0.2) is 5.60 Å². The van der Waals surface area contributed by atoms with Crippen LogP contribution >= 0.6 is 11.6 Å². The minimum atomic E-state index is -4.51. The largest absolute Gasteiger partial charge is 0.417 e. The lowest BCUT2D eigenvalue weighted by Crippen LogP contribution is -2.53. The van der Waals surface area contributed by atoms with Gasteiger partial charge in [-0.25, -0.2) is 0 Å². The number of nitrogens with zero attached hydrogens (tertiary/aromatic N) is 1. The molecule has 1 rings (SSSR count). The molecule has 0 radical (unpaired) electrons. The molecule has 0 aliphatic carbocycles. The number of halogens is 4. The summed E-state index contributed by atoms with van der Waals surface area (Å²) in [4.78, 5) is 1.83. The van der Waals surface area contributed by atoms with E-state index in [9.17, 15) is 18.3 Å². The highest BCUT2D eigenvalue weighted by atomic mass is 35.5. The minimum absolute atomic E-state index is 0.253. The third-order valence-electron chi connectivity index (χ3n) is 2.61. The second-order valence-electron chi connectivity index (χ2n) is 3.56. The van der Waals surface area contributed by atoms with Crippen molar-refractivity contribution in [1.29, 1.82) is 0 Å². The van der Waals surface area contributed by atoms with Gasteiger partial charge < -0.3 is 10.0 Å². The molecule has 6 heteroatoms. The number of piperidine rings is 1. The normalized spacial score (nSPS) is 23.8. The summed E-state index contributed by atoms with van der Waals surface area (Å²) in [6.45, 7) is 1.08. The molecule has 0 aromatic rings. The third-order valence-corrected chi connectivity index (χ3v) is 2.78. The van der Waals surface area contributed by atoms with Gasteiger partial charge in [0.25, 0.3) is 0 Å². The molecular weight excluding hydrogens is 219 g/mol. The van der Waals surface area contributed by atoms with Crippen LogP contribution in [0.4, 0.5) is 13.2 Å². The smallest absolute Gasteiger partial charge is 0.380 e. The van der Waals surface area contributed by atoms with Crippen LogP contribution in [0.15, 0.2) is 0 Å². The summed E-state index contributed by atoms with van der Waals surface area (Å²) in [6.07, 6.45) is -5.03. The Morgan fingerprint density at radius 3 is 2.14 bits per heavy atom. The zero-order valence-corrected chi connectivity index (χ0v) is 8.40. The van der Waals surface area contributed by atoms with Gasteiger partial charge in [0.05, 0.1) is 0 Å². The van der Waals surface area contributed by atoms with Gasteiger partial charge in [0.1, 0.15) is 0 Å². The van der Waals surface area contributed by atoms with Gasteiger partial charge in [-0.3, -0.25) is 0 Å². The molecule has 2 nitrogen and oxygen atoms in total. The van der Waals surface area contributed by atoms with Crippen molar-refractivity contribution in [3.8, 4) is 0 Å². The topological polar surface area (TPSA) is 23.5 Å². The molecule has 14 heavy (non-hydrogen) atoms. The van der Waals surface area contributed by atoms with E-state index in [1.54, 1.807) is 0 Å². The highest BCUT2D eigenvalue weighted by Crippen LogP contribution is 2.38. The van der Waals surface area contributed by atoms with Gasteiger partial charge in [-0.05, 0) is 12.8 Å². The Labute approximate surface area is 85.6 Å². The van der Waals surface area contributed by atoms with Gasteiger partial charge in [0, 0.05) is 25.5 Å². The minimum Gasteiger partial charge on any atom is -0.380 e. The van der Waals surface area contributed by atoms with E-state index in [1.165, 1.54) is 0 Å². The molecule has 1 N–H and O–H groups in total. The van der Waals surface area contributed by atoms with Crippen LogP contribution in [-0.4, -0.2) is 47.3 Å². The lowest BCUT2D eigenvalue weighted by Gasteiger charge is -2.38. The van der Waals surface area contributed by atoms with E-state index in [-0.39, 0.29) is 25.9 Å². The second-order valence-corrected chi connectivity index (χ2v) is 3.94. The predicted molar refractivity (Wildman–Crippen MR) is 47.4 cm³/mol. The molecule has 1 aliphatic rings. The standard InChI is InChI=1S/C8H13ClF3NO/c9-3-6-13-4-1-7(14,2-5-13)8(10,11)12/h14H,1-6H2. The summed E-state index contributed by atoms with van der Waals surface area (Å²) in [5.41, 5.74) is -2.49. The van der Waals surface area contributed by atoms with Crippen LogP contribution in [0.3, 0.4) is 0 Å². The fraction of sp³-hybridized carbons (Fsp3) is 1.00. The number of likely N-dealkylation sites (tertiary alicyclic amines) is 1. The van der Waals surface area contributed by atoms with Crippen molar-refractivity contribution in [1.82, 2.24) is 4.90 Å². The Morgan fingerprint density at radius 2 is 1.79 bits per heavy atom. The van der Waals surface area contributed by atoms with E-state index in [4.69, 9.17) is 11.6 Å². The summed E-state index contributed by atoms with van der Waals surface area (Å²) >= 11 is 5.47. The van der Waals surface area contributed by atoms with Gasteiger partial charge >= 0.3 is 6.18 Å². The Hall–Kier alpha value is 0. The van der Waals surface area contributed by atoms with E-state index >= 15 is 0 Å². The van der Waals surface area contributed by atoms with E-state index in [0.29, 0.717) is 12.4 Å². The highest BCUT2D eigenvalue weighted by molar-refractivity contribution is 6.18. The first-order valence-corrected chi connectivity index (χ1v) is 5.00. The van der Waals surface area contributed by atoms with Crippen LogP contribution in [0.25, 0.3) is 0 Å². The van der Waals surface area contributed by atoms with Gasteiger partial charge in [-0.15, -0.1) is 11.6 Å². The molecule has 1 fully saturated rings. The molecule has 1 aliphatic heterocycles. The first kappa shape index (κ1) is 12.1. The fourth-order valence-corrected chi connectivity index (χ4v) is 1.79. The number of rotatable bonds is 2. The molecule has 0 saturated carbocycles. The Bertz CT molecular complexity index is 190. The van der Waals surface area contributed by atoms with Crippen molar-refractivity contribution in [3.63, 3.8) is 0 Å². The van der Waals surface area contributed by atoms with Crippen LogP contribution in [-0.2, 0) is 0 Å². The zero-order valence-electron chi connectivity index (χ0n) is 7.65. The number of alkyl halides is 4. The summed E-state index contributed by atoms with van der Waals surface area (Å²) < 4.78 is 37.0. The highest BCUT2D eigenvalue weighted by Gasteiger charge is 2.54. The molecule has 1 saturated heterocycles. The van der Waals surface area contributed by atoms with Crippen LogP contribution < -0.4 is 0 Å². The maximum Gasteiger partial charge on any atom is 0.417 e. The molecule has 0 bridgehead atoms. The van der Waals surface area contributed by atoms with Crippen LogP contribution in [0, 0.1) is 0 Å². The van der Waals surface area contributed by atoms with Crippen LogP contribution in [0.2, 0.25) is 0 Å². The average Bonchev–Trinajstić information content (AvgIpc) is 2.08. The van der Waals surface area contributed by atoms with E-state index < -0.39 is 11.8 Å². The number of hydrogen-bond acceptors (Lipinski definition) is 2. The Kier molecular flexibility index (Phi) is 3.66. The molecular formula is C8H13ClF3NO. The number of hydrogen-bond donors (Lipinski definition) is 1. The summed E-state index contributed by atoms with van der Waals surface area (Å²) in [7, 11) is 0. The lowest BCUT2D eigenvalue weighted by molar-refractivity contribution is -0.272. The summed E-state index contributed by atoms with van der Waals surface area (Å²) in [6, 6.07) is 0. The first-order valence-electron chi connectivity index (χ1n) is 4.46. The predicted octanol–water partition coefficient (Wildman–Crippen LogP) is 1.61. The van der Waals surface area contributed by atoms with E-state index in [0.717, 1.165) is 0 Å². The van der Waals surface area contributed by atoms with Crippen molar-refractivity contribution in [2.24, 2.45) is 0 Å². The van der Waals surface area contributed by atoms with Gasteiger partial charge in [-0.2, -0.15) is 13.2 Å². The van der Waals surface area contributed by atoms with E-state index in [1.807, 2.05) is 4.90 Å². The molecule has 0 spiro atoms. The monoisotopic (exact) mass is 231 g/mol. The SMILES string of the molecule is OC1(C(F)(F)F)CCN(CCCl)CC1. The van der Waals surface area contributed by atoms with Crippen molar-refractivity contribution in [2.45, 2.75) is 24.6 Å². The Morgan fingerprint density at radius 1 is 1.29 bits per heavy atom. The molecule has 0 unspecified atom stereocenters. The van der Waals surface area contributed by atoms with Crippen LogP contribution in [0.5, 0.6) is 0 Å². The fourth-order valence-electron chi connectivity index (χ4n) is 1.55.